The van der Waals surface area contributed by atoms with Gasteiger partial charge in [0.1, 0.15) is 12.7 Å². The Morgan fingerprint density at radius 2 is 1.56 bits per heavy atom. The number of quaternary nitrogens is 1. The standard InChI is InChI=1S/C16H22N2/c1-13-7-6-12-17(2)16(13)14-8-10-15(11-9-14)18(3,4)5/h6-12H,1-5H3/q+2. The number of hydrogen-bond acceptors (Lipinski definition) is 0. The van der Waals surface area contributed by atoms with E-state index in [-0.39, 0.29) is 0 Å². The minimum absolute atomic E-state index is 0.847. The van der Waals surface area contributed by atoms with E-state index in [1.807, 2.05) is 0 Å². The lowest BCUT2D eigenvalue weighted by molar-refractivity contribution is -0.660. The highest BCUT2D eigenvalue weighted by Gasteiger charge is 2.15. The zero-order valence-corrected chi connectivity index (χ0v) is 11.9. The number of hydrogen-bond donors (Lipinski definition) is 0. The molecule has 1 aromatic heterocycles. The summed E-state index contributed by atoms with van der Waals surface area (Å²) in [5.41, 5.74) is 5.17. The molecule has 0 bridgehead atoms. The van der Waals surface area contributed by atoms with Crippen molar-refractivity contribution in [2.75, 3.05) is 21.1 Å². The fourth-order valence-corrected chi connectivity index (χ4v) is 2.25. The molecule has 0 aliphatic rings. The van der Waals surface area contributed by atoms with Crippen molar-refractivity contribution in [3.63, 3.8) is 0 Å². The summed E-state index contributed by atoms with van der Waals surface area (Å²) in [5, 5.41) is 0. The molecule has 18 heavy (non-hydrogen) atoms. The van der Waals surface area contributed by atoms with Gasteiger partial charge < -0.3 is 0 Å². The Labute approximate surface area is 110 Å². The van der Waals surface area contributed by atoms with Crippen molar-refractivity contribution in [1.29, 1.82) is 0 Å². The number of pyridine rings is 1. The Hall–Kier alpha value is -1.67. The molecule has 0 aliphatic carbocycles. The highest BCUT2D eigenvalue weighted by Crippen LogP contribution is 2.23. The molecule has 0 fully saturated rings. The Kier molecular flexibility index (Phi) is 3.22. The maximum absolute atomic E-state index is 2.21. The fourth-order valence-electron chi connectivity index (χ4n) is 2.25. The second-order valence-corrected chi connectivity index (χ2v) is 5.71. The van der Waals surface area contributed by atoms with E-state index in [1.54, 1.807) is 0 Å². The van der Waals surface area contributed by atoms with Crippen molar-refractivity contribution in [2.24, 2.45) is 7.05 Å². The van der Waals surface area contributed by atoms with Crippen LogP contribution in [0.3, 0.4) is 0 Å². The monoisotopic (exact) mass is 242 g/mol. The lowest BCUT2D eigenvalue weighted by Gasteiger charge is -2.23. The van der Waals surface area contributed by atoms with Crippen LogP contribution in [0.5, 0.6) is 0 Å². The van der Waals surface area contributed by atoms with Gasteiger partial charge in [-0.2, -0.15) is 0 Å². The molecule has 2 heteroatoms. The maximum atomic E-state index is 2.21. The molecule has 94 valence electrons. The molecular weight excluding hydrogens is 220 g/mol. The first-order valence-corrected chi connectivity index (χ1v) is 6.27. The Morgan fingerprint density at radius 3 is 2.06 bits per heavy atom. The van der Waals surface area contributed by atoms with E-state index >= 15 is 0 Å². The van der Waals surface area contributed by atoms with Gasteiger partial charge in [0, 0.05) is 17.2 Å². The molecule has 0 atom stereocenters. The summed E-state index contributed by atoms with van der Waals surface area (Å²) in [7, 11) is 8.64. The number of rotatable bonds is 2. The summed E-state index contributed by atoms with van der Waals surface area (Å²) in [6.07, 6.45) is 2.09. The molecule has 1 heterocycles. The smallest absolute Gasteiger partial charge is 0.215 e. The maximum Gasteiger partial charge on any atom is 0.215 e. The van der Waals surface area contributed by atoms with Crippen LogP contribution in [-0.2, 0) is 7.05 Å². The average Bonchev–Trinajstić information content (AvgIpc) is 2.28. The van der Waals surface area contributed by atoms with E-state index in [9.17, 15) is 0 Å². The number of aryl methyl sites for hydroxylation is 2. The van der Waals surface area contributed by atoms with Crippen molar-refractivity contribution in [2.45, 2.75) is 6.92 Å². The molecule has 0 saturated carbocycles. The normalized spacial score (nSPS) is 11.6. The van der Waals surface area contributed by atoms with Crippen molar-refractivity contribution in [3.05, 3.63) is 48.2 Å². The molecule has 1 aromatic carbocycles. The highest BCUT2D eigenvalue weighted by atomic mass is 15.3. The summed E-state index contributed by atoms with van der Waals surface area (Å²) in [4.78, 5) is 0. The first-order valence-electron chi connectivity index (χ1n) is 6.27. The SMILES string of the molecule is Cc1ccc[n+](C)c1-c1ccc([N+](C)(C)C)cc1. The third-order valence-corrected chi connectivity index (χ3v) is 3.30. The summed E-state index contributed by atoms with van der Waals surface area (Å²) in [6, 6.07) is 13.1. The summed E-state index contributed by atoms with van der Waals surface area (Å²) in [6.45, 7) is 2.16. The predicted molar refractivity (Wildman–Crippen MR) is 77.4 cm³/mol. The van der Waals surface area contributed by atoms with Crippen LogP contribution in [0.2, 0.25) is 0 Å². The third-order valence-electron chi connectivity index (χ3n) is 3.30. The molecule has 2 rings (SSSR count). The number of nitrogens with zero attached hydrogens (tertiary/aromatic N) is 2. The van der Waals surface area contributed by atoms with Crippen LogP contribution >= 0.6 is 0 Å². The minimum atomic E-state index is 0.847. The van der Waals surface area contributed by atoms with Gasteiger partial charge in [-0.25, -0.2) is 4.57 Å². The molecule has 0 saturated heterocycles. The summed E-state index contributed by atoms with van der Waals surface area (Å²) in [5.74, 6) is 0. The van der Waals surface area contributed by atoms with Crippen molar-refractivity contribution in [1.82, 2.24) is 4.48 Å². The molecule has 0 radical (unpaired) electrons. The van der Waals surface area contributed by atoms with E-state index < -0.39 is 0 Å². The summed E-state index contributed by atoms with van der Waals surface area (Å²) >= 11 is 0. The largest absolute Gasteiger partial charge is 0.298 e. The van der Waals surface area contributed by atoms with Crippen LogP contribution in [0.1, 0.15) is 5.56 Å². The van der Waals surface area contributed by atoms with E-state index in [4.69, 9.17) is 0 Å². The highest BCUT2D eigenvalue weighted by molar-refractivity contribution is 5.62. The van der Waals surface area contributed by atoms with Crippen LogP contribution < -0.4 is 9.05 Å². The Bertz CT molecular complexity index is 528. The van der Waals surface area contributed by atoms with Gasteiger partial charge in [-0.05, 0) is 37.3 Å². The van der Waals surface area contributed by atoms with Crippen LogP contribution in [0, 0.1) is 6.92 Å². The predicted octanol–water partition coefficient (Wildman–Crippen LogP) is 2.68. The zero-order chi connectivity index (χ0) is 13.3. The van der Waals surface area contributed by atoms with Gasteiger partial charge >= 0.3 is 0 Å². The van der Waals surface area contributed by atoms with E-state index in [0.717, 1.165) is 4.48 Å². The van der Waals surface area contributed by atoms with E-state index in [1.165, 1.54) is 22.5 Å². The van der Waals surface area contributed by atoms with E-state index in [2.05, 4.69) is 82.3 Å². The molecule has 0 aliphatic heterocycles. The van der Waals surface area contributed by atoms with Crippen molar-refractivity contribution in [3.8, 4) is 11.3 Å². The zero-order valence-electron chi connectivity index (χ0n) is 11.9. The minimum Gasteiger partial charge on any atom is -0.298 e. The number of benzene rings is 1. The first-order chi connectivity index (χ1) is 8.39. The van der Waals surface area contributed by atoms with Crippen LogP contribution in [0.4, 0.5) is 5.69 Å². The Morgan fingerprint density at radius 1 is 0.944 bits per heavy atom. The molecule has 0 N–H and O–H groups in total. The molecule has 0 unspecified atom stereocenters. The fraction of sp³-hybridized carbons (Fsp3) is 0.312. The van der Waals surface area contributed by atoms with Gasteiger partial charge in [-0.3, -0.25) is 4.48 Å². The number of aromatic nitrogens is 1. The Balaban J connectivity index is 2.47. The van der Waals surface area contributed by atoms with Crippen LogP contribution in [0.25, 0.3) is 11.3 Å². The van der Waals surface area contributed by atoms with E-state index in [0.29, 0.717) is 0 Å². The molecule has 2 aromatic rings. The average molecular weight is 242 g/mol. The van der Waals surface area contributed by atoms with Gasteiger partial charge in [0.15, 0.2) is 6.20 Å². The molecule has 0 amide bonds. The van der Waals surface area contributed by atoms with Gasteiger partial charge in [-0.1, -0.05) is 0 Å². The van der Waals surface area contributed by atoms with Gasteiger partial charge in [-0.15, -0.1) is 0 Å². The second-order valence-electron chi connectivity index (χ2n) is 5.71. The summed E-state index contributed by atoms with van der Waals surface area (Å²) < 4.78 is 3.02. The lowest BCUT2D eigenvalue weighted by atomic mass is 10.1. The van der Waals surface area contributed by atoms with Crippen LogP contribution in [-0.4, -0.2) is 21.1 Å². The molecular formula is C16H22N2+2. The lowest BCUT2D eigenvalue weighted by Crippen LogP contribution is -2.34. The van der Waals surface area contributed by atoms with Gasteiger partial charge in [0.25, 0.3) is 0 Å². The molecule has 0 spiro atoms. The van der Waals surface area contributed by atoms with Crippen molar-refractivity contribution >= 4 is 5.69 Å². The molecule has 2 nitrogen and oxygen atoms in total. The van der Waals surface area contributed by atoms with Gasteiger partial charge in [0.2, 0.25) is 5.69 Å². The second kappa shape index (κ2) is 4.54. The van der Waals surface area contributed by atoms with Gasteiger partial charge in [0.05, 0.1) is 21.1 Å². The van der Waals surface area contributed by atoms with Crippen LogP contribution in [0.15, 0.2) is 42.6 Å². The third kappa shape index (κ3) is 2.44. The first kappa shape index (κ1) is 12.8. The van der Waals surface area contributed by atoms with Crippen molar-refractivity contribution < 1.29 is 4.57 Å². The topological polar surface area (TPSA) is 3.88 Å². The quantitative estimate of drug-likeness (QED) is 0.563.